The van der Waals surface area contributed by atoms with Gasteiger partial charge >= 0.3 is 6.18 Å². The van der Waals surface area contributed by atoms with Crippen LogP contribution < -0.4 is 5.32 Å². The summed E-state index contributed by atoms with van der Waals surface area (Å²) in [5.74, 6) is -1.42. The Hall–Kier alpha value is -2.63. The third-order valence-corrected chi connectivity index (χ3v) is 3.11. The van der Waals surface area contributed by atoms with E-state index in [0.717, 1.165) is 6.07 Å². The van der Waals surface area contributed by atoms with Crippen LogP contribution in [0.4, 0.5) is 23.2 Å². The molecule has 0 bridgehead atoms. The molecule has 0 unspecified atom stereocenters. The van der Waals surface area contributed by atoms with E-state index in [4.69, 9.17) is 0 Å². The van der Waals surface area contributed by atoms with Crippen LogP contribution in [0.3, 0.4) is 0 Å². The number of alkyl halides is 3. The van der Waals surface area contributed by atoms with Crippen LogP contribution in [0.25, 0.3) is 5.57 Å². The van der Waals surface area contributed by atoms with Crippen molar-refractivity contribution in [3.05, 3.63) is 71.6 Å². The summed E-state index contributed by atoms with van der Waals surface area (Å²) in [5.41, 5.74) is -0.483. The van der Waals surface area contributed by atoms with E-state index in [0.29, 0.717) is 11.6 Å². The number of anilines is 1. The Kier molecular flexibility index (Phi) is 4.83. The van der Waals surface area contributed by atoms with E-state index in [2.05, 4.69) is 5.32 Å². The minimum atomic E-state index is -4.67. The molecule has 0 saturated heterocycles. The average molecular weight is 323 g/mol. The smallest absolute Gasteiger partial charge is 0.322 e. The van der Waals surface area contributed by atoms with Crippen molar-refractivity contribution >= 4 is 17.2 Å². The lowest BCUT2D eigenvalue weighted by Crippen LogP contribution is -2.16. The van der Waals surface area contributed by atoms with Gasteiger partial charge in [-0.25, -0.2) is 4.39 Å². The number of rotatable bonds is 3. The van der Waals surface area contributed by atoms with E-state index < -0.39 is 23.5 Å². The van der Waals surface area contributed by atoms with Crippen LogP contribution in [0.5, 0.6) is 0 Å². The molecule has 0 saturated carbocycles. The van der Waals surface area contributed by atoms with Gasteiger partial charge < -0.3 is 5.32 Å². The largest absolute Gasteiger partial charge is 0.417 e. The summed E-state index contributed by atoms with van der Waals surface area (Å²) in [6.07, 6.45) is -4.17. The van der Waals surface area contributed by atoms with E-state index in [-0.39, 0.29) is 11.3 Å². The molecule has 1 N–H and O–H groups in total. The summed E-state index contributed by atoms with van der Waals surface area (Å²) < 4.78 is 52.4. The fraction of sp³-hybridized carbons (Fsp3) is 0.118. The number of amides is 1. The molecule has 120 valence electrons. The number of hydrogen-bond acceptors (Lipinski definition) is 1. The highest BCUT2D eigenvalue weighted by Crippen LogP contribution is 2.33. The molecule has 2 aromatic carbocycles. The lowest BCUT2D eigenvalue weighted by molar-refractivity contribution is -0.112. The molecule has 0 atom stereocenters. The van der Waals surface area contributed by atoms with Gasteiger partial charge in [0.2, 0.25) is 5.91 Å². The molecule has 23 heavy (non-hydrogen) atoms. The summed E-state index contributed by atoms with van der Waals surface area (Å²) in [6.45, 7) is 1.55. The van der Waals surface area contributed by atoms with Crippen molar-refractivity contribution in [1.82, 2.24) is 0 Å². The van der Waals surface area contributed by atoms with Crippen molar-refractivity contribution in [3.8, 4) is 0 Å². The Bertz CT molecular complexity index is 736. The molecule has 0 heterocycles. The fourth-order valence-electron chi connectivity index (χ4n) is 2.01. The minimum absolute atomic E-state index is 0.106. The van der Waals surface area contributed by atoms with E-state index in [1.165, 1.54) is 36.4 Å². The first-order chi connectivity index (χ1) is 10.8. The molecule has 2 nitrogen and oxygen atoms in total. The van der Waals surface area contributed by atoms with Crippen molar-refractivity contribution in [2.75, 3.05) is 5.32 Å². The second-order valence-electron chi connectivity index (χ2n) is 4.87. The van der Waals surface area contributed by atoms with E-state index >= 15 is 0 Å². The monoisotopic (exact) mass is 323 g/mol. The standard InChI is InChI=1S/C17H13F4NO/c1-11-9-13(18)7-8-15(11)22-16(23)10-14(17(19,20)21)12-5-3-2-4-6-12/h2-10H,1H3,(H,22,23)/b14-10-. The van der Waals surface area contributed by atoms with Gasteiger partial charge in [0.1, 0.15) is 5.82 Å². The van der Waals surface area contributed by atoms with Crippen LogP contribution >= 0.6 is 0 Å². The van der Waals surface area contributed by atoms with Crippen molar-refractivity contribution in [1.29, 1.82) is 0 Å². The summed E-state index contributed by atoms with van der Waals surface area (Å²) in [5, 5.41) is 2.33. The molecule has 0 aliphatic carbocycles. The van der Waals surface area contributed by atoms with Gasteiger partial charge in [0, 0.05) is 11.8 Å². The van der Waals surface area contributed by atoms with Crippen molar-refractivity contribution < 1.29 is 22.4 Å². The molecular weight excluding hydrogens is 310 g/mol. The van der Waals surface area contributed by atoms with Gasteiger partial charge in [-0.05, 0) is 36.2 Å². The summed E-state index contributed by atoms with van der Waals surface area (Å²) in [4.78, 5) is 11.9. The van der Waals surface area contributed by atoms with E-state index in [9.17, 15) is 22.4 Å². The number of allylic oxidation sites excluding steroid dienone is 1. The molecular formula is C17H13F4NO. The zero-order valence-electron chi connectivity index (χ0n) is 12.1. The SMILES string of the molecule is Cc1cc(F)ccc1NC(=O)/C=C(/c1ccccc1)C(F)(F)F. The topological polar surface area (TPSA) is 29.1 Å². The molecule has 0 aromatic heterocycles. The Balaban J connectivity index is 2.30. The maximum atomic E-state index is 13.1. The molecule has 1 amide bonds. The molecule has 0 aliphatic heterocycles. The maximum Gasteiger partial charge on any atom is 0.417 e. The lowest BCUT2D eigenvalue weighted by Gasteiger charge is -2.12. The molecule has 0 radical (unpaired) electrons. The number of carbonyl (C=O) groups is 1. The van der Waals surface area contributed by atoms with E-state index in [1.54, 1.807) is 13.0 Å². The molecule has 6 heteroatoms. The van der Waals surface area contributed by atoms with Gasteiger partial charge in [0.15, 0.2) is 0 Å². The third kappa shape index (κ3) is 4.42. The molecule has 2 rings (SSSR count). The molecule has 0 aliphatic rings. The molecule has 2 aromatic rings. The second kappa shape index (κ2) is 6.64. The second-order valence-corrected chi connectivity index (χ2v) is 4.87. The Labute approximate surface area is 130 Å². The summed E-state index contributed by atoms with van der Waals surface area (Å²) in [6, 6.07) is 10.6. The zero-order valence-corrected chi connectivity index (χ0v) is 12.1. The first-order valence-electron chi connectivity index (χ1n) is 6.69. The minimum Gasteiger partial charge on any atom is -0.322 e. The van der Waals surface area contributed by atoms with Crippen LogP contribution in [0.1, 0.15) is 11.1 Å². The number of nitrogens with one attached hydrogen (secondary N) is 1. The van der Waals surface area contributed by atoms with Crippen molar-refractivity contribution in [3.63, 3.8) is 0 Å². The van der Waals surface area contributed by atoms with Crippen LogP contribution in [-0.4, -0.2) is 12.1 Å². The van der Waals surface area contributed by atoms with Crippen molar-refractivity contribution in [2.24, 2.45) is 0 Å². The predicted octanol–water partition coefficient (Wildman–Crippen LogP) is 4.72. The number of hydrogen-bond donors (Lipinski definition) is 1. The Morgan fingerprint density at radius 1 is 1.09 bits per heavy atom. The summed E-state index contributed by atoms with van der Waals surface area (Å²) >= 11 is 0. The van der Waals surface area contributed by atoms with Crippen LogP contribution in [0.15, 0.2) is 54.6 Å². The third-order valence-electron chi connectivity index (χ3n) is 3.11. The lowest BCUT2D eigenvalue weighted by atomic mass is 10.0. The number of benzene rings is 2. The fourth-order valence-corrected chi connectivity index (χ4v) is 2.01. The predicted molar refractivity (Wildman–Crippen MR) is 80.2 cm³/mol. The van der Waals surface area contributed by atoms with E-state index in [1.807, 2.05) is 0 Å². The highest BCUT2D eigenvalue weighted by molar-refractivity contribution is 6.04. The molecule has 0 fully saturated rings. The number of carbonyl (C=O) groups excluding carboxylic acids is 1. The zero-order chi connectivity index (χ0) is 17.0. The Morgan fingerprint density at radius 2 is 1.74 bits per heavy atom. The number of halogens is 4. The highest BCUT2D eigenvalue weighted by atomic mass is 19.4. The van der Waals surface area contributed by atoms with Crippen LogP contribution in [0, 0.1) is 12.7 Å². The van der Waals surface area contributed by atoms with Crippen LogP contribution in [-0.2, 0) is 4.79 Å². The van der Waals surface area contributed by atoms with Gasteiger partial charge in [-0.15, -0.1) is 0 Å². The summed E-state index contributed by atoms with van der Waals surface area (Å²) in [7, 11) is 0. The van der Waals surface area contributed by atoms with Gasteiger partial charge in [-0.1, -0.05) is 30.3 Å². The highest BCUT2D eigenvalue weighted by Gasteiger charge is 2.35. The Morgan fingerprint density at radius 3 is 2.30 bits per heavy atom. The maximum absolute atomic E-state index is 13.1. The van der Waals surface area contributed by atoms with Gasteiger partial charge in [0.05, 0.1) is 5.57 Å². The quantitative estimate of drug-likeness (QED) is 0.643. The van der Waals surface area contributed by atoms with Gasteiger partial charge in [-0.2, -0.15) is 13.2 Å². The van der Waals surface area contributed by atoms with Crippen molar-refractivity contribution in [2.45, 2.75) is 13.1 Å². The average Bonchev–Trinajstić information content (AvgIpc) is 2.47. The first-order valence-corrected chi connectivity index (χ1v) is 6.69. The number of aryl methyl sites for hydroxylation is 1. The van der Waals surface area contributed by atoms with Gasteiger partial charge in [0.25, 0.3) is 0 Å². The molecule has 0 spiro atoms. The van der Waals surface area contributed by atoms with Gasteiger partial charge in [-0.3, -0.25) is 4.79 Å². The van der Waals surface area contributed by atoms with Crippen LogP contribution in [0.2, 0.25) is 0 Å². The normalized spacial score (nSPS) is 12.1. The first kappa shape index (κ1) is 16.7.